The van der Waals surface area contributed by atoms with Crippen LogP contribution >= 0.6 is 11.3 Å². The number of aromatic nitrogens is 1. The number of nitrogens with zero attached hydrogens (tertiary/aromatic N) is 2. The van der Waals surface area contributed by atoms with Crippen LogP contribution in [-0.4, -0.2) is 49.9 Å². The highest BCUT2D eigenvalue weighted by Crippen LogP contribution is 2.29. The van der Waals surface area contributed by atoms with E-state index in [1.807, 2.05) is 13.8 Å². The zero-order valence-corrected chi connectivity index (χ0v) is 18.2. The van der Waals surface area contributed by atoms with Crippen molar-refractivity contribution in [1.82, 2.24) is 9.29 Å². The lowest BCUT2D eigenvalue weighted by molar-refractivity contribution is 0.0730. The third kappa shape index (κ3) is 4.04. The first kappa shape index (κ1) is 20.7. The summed E-state index contributed by atoms with van der Waals surface area (Å²) in [6.45, 7) is 4.98. The van der Waals surface area contributed by atoms with Crippen molar-refractivity contribution in [3.63, 3.8) is 0 Å². The van der Waals surface area contributed by atoms with Crippen molar-refractivity contribution in [3.05, 3.63) is 52.7 Å². The number of nitrogens with one attached hydrogen (secondary N) is 1. The zero-order valence-electron chi connectivity index (χ0n) is 16.5. The third-order valence-electron chi connectivity index (χ3n) is 4.81. The fourth-order valence-corrected chi connectivity index (χ4v) is 5.44. The predicted molar refractivity (Wildman–Crippen MR) is 113 cm³/mol. The van der Waals surface area contributed by atoms with Crippen LogP contribution in [0.5, 0.6) is 0 Å². The van der Waals surface area contributed by atoms with Crippen molar-refractivity contribution in [2.24, 2.45) is 0 Å². The maximum Gasteiger partial charge on any atom is 0.275 e. The van der Waals surface area contributed by atoms with Gasteiger partial charge in [-0.2, -0.15) is 4.31 Å². The first-order chi connectivity index (χ1) is 14.4. The number of hydrogen-bond acceptors (Lipinski definition) is 7. The number of thiazole rings is 1. The second-order valence-electron chi connectivity index (χ2n) is 6.85. The Hall–Kier alpha value is -2.53. The van der Waals surface area contributed by atoms with Crippen molar-refractivity contribution >= 4 is 33.0 Å². The number of furan rings is 1. The van der Waals surface area contributed by atoms with Gasteiger partial charge in [0, 0.05) is 23.7 Å². The van der Waals surface area contributed by atoms with Crippen molar-refractivity contribution in [3.8, 4) is 10.8 Å². The Balaban J connectivity index is 1.59. The van der Waals surface area contributed by atoms with Gasteiger partial charge in [0.1, 0.15) is 5.69 Å². The number of ether oxygens (including phenoxy) is 1. The van der Waals surface area contributed by atoms with Gasteiger partial charge in [-0.1, -0.05) is 6.07 Å². The fourth-order valence-electron chi connectivity index (χ4n) is 3.13. The van der Waals surface area contributed by atoms with E-state index in [1.54, 1.807) is 30.5 Å². The molecule has 4 rings (SSSR count). The summed E-state index contributed by atoms with van der Waals surface area (Å²) in [6, 6.07) is 8.27. The fraction of sp³-hybridized carbons (Fsp3) is 0.300. The average Bonchev–Trinajstić information content (AvgIpc) is 3.40. The minimum Gasteiger partial charge on any atom is -0.462 e. The molecular weight excluding hydrogens is 426 g/mol. The number of sulfonamides is 1. The second-order valence-corrected chi connectivity index (χ2v) is 9.99. The lowest BCUT2D eigenvalue weighted by Gasteiger charge is -2.26. The van der Waals surface area contributed by atoms with Crippen LogP contribution in [0.1, 0.15) is 20.9 Å². The molecule has 1 aliphatic heterocycles. The van der Waals surface area contributed by atoms with Gasteiger partial charge in [-0.05, 0) is 43.7 Å². The molecule has 8 nitrogen and oxygen atoms in total. The summed E-state index contributed by atoms with van der Waals surface area (Å²) in [5.41, 5.74) is 1.47. The van der Waals surface area contributed by atoms with Crippen LogP contribution in [0.2, 0.25) is 0 Å². The molecule has 1 N–H and O–H groups in total. The molecule has 0 unspecified atom stereocenters. The third-order valence-corrected chi connectivity index (χ3v) is 7.69. The Labute approximate surface area is 178 Å². The van der Waals surface area contributed by atoms with Gasteiger partial charge in [0.15, 0.2) is 10.8 Å². The second kappa shape index (κ2) is 8.31. The van der Waals surface area contributed by atoms with Crippen LogP contribution in [-0.2, 0) is 14.8 Å². The number of rotatable bonds is 5. The van der Waals surface area contributed by atoms with Crippen molar-refractivity contribution < 1.29 is 22.4 Å². The van der Waals surface area contributed by atoms with E-state index in [0.717, 1.165) is 10.4 Å². The van der Waals surface area contributed by atoms with E-state index in [4.69, 9.17) is 9.15 Å². The molecule has 0 aliphatic carbocycles. The van der Waals surface area contributed by atoms with Crippen LogP contribution in [0.3, 0.4) is 0 Å². The average molecular weight is 448 g/mol. The van der Waals surface area contributed by atoms with Crippen LogP contribution in [0, 0.1) is 13.8 Å². The summed E-state index contributed by atoms with van der Waals surface area (Å²) in [4.78, 5) is 18.1. The SMILES string of the molecule is Cc1ccc(S(=O)(=O)N2CCOCC2)cc1NC(=O)c1nc(-c2ccco2)sc1C. The zero-order chi connectivity index (χ0) is 21.3. The number of morpholine rings is 1. The molecule has 1 amide bonds. The normalized spacial score (nSPS) is 15.3. The molecule has 0 radical (unpaired) electrons. The van der Waals surface area contributed by atoms with E-state index in [1.165, 1.54) is 21.7 Å². The maximum atomic E-state index is 12.9. The molecule has 30 heavy (non-hydrogen) atoms. The molecule has 3 aromatic rings. The number of aryl methyl sites for hydroxylation is 2. The Morgan fingerprint density at radius 3 is 2.67 bits per heavy atom. The van der Waals surface area contributed by atoms with Gasteiger partial charge in [0.25, 0.3) is 5.91 Å². The highest BCUT2D eigenvalue weighted by Gasteiger charge is 2.27. The lowest BCUT2D eigenvalue weighted by atomic mass is 10.2. The van der Waals surface area contributed by atoms with Gasteiger partial charge in [-0.25, -0.2) is 13.4 Å². The Morgan fingerprint density at radius 2 is 1.97 bits per heavy atom. The summed E-state index contributed by atoms with van der Waals surface area (Å²) in [6.07, 6.45) is 1.55. The maximum absolute atomic E-state index is 12.9. The van der Waals surface area contributed by atoms with E-state index >= 15 is 0 Å². The molecule has 3 heterocycles. The van der Waals surface area contributed by atoms with Crippen LogP contribution < -0.4 is 5.32 Å². The van der Waals surface area contributed by atoms with Gasteiger partial charge in [0.05, 0.1) is 24.4 Å². The van der Waals surface area contributed by atoms with Crippen LogP contribution in [0.25, 0.3) is 10.8 Å². The van der Waals surface area contributed by atoms with Gasteiger partial charge in [0.2, 0.25) is 10.0 Å². The van der Waals surface area contributed by atoms with Crippen LogP contribution in [0.4, 0.5) is 5.69 Å². The molecule has 1 saturated heterocycles. The minimum atomic E-state index is -3.66. The quantitative estimate of drug-likeness (QED) is 0.644. The molecule has 0 atom stereocenters. The molecule has 1 aromatic carbocycles. The molecule has 0 bridgehead atoms. The number of carbonyl (C=O) groups excluding carboxylic acids is 1. The van der Waals surface area contributed by atoms with E-state index in [-0.39, 0.29) is 10.6 Å². The molecule has 1 fully saturated rings. The Kier molecular flexibility index (Phi) is 5.74. The highest BCUT2D eigenvalue weighted by atomic mass is 32.2. The van der Waals surface area contributed by atoms with Gasteiger partial charge in [-0.15, -0.1) is 11.3 Å². The van der Waals surface area contributed by atoms with Crippen molar-refractivity contribution in [1.29, 1.82) is 0 Å². The largest absolute Gasteiger partial charge is 0.462 e. The van der Waals surface area contributed by atoms with E-state index < -0.39 is 15.9 Å². The number of hydrogen-bond donors (Lipinski definition) is 1. The molecule has 0 saturated carbocycles. The summed E-state index contributed by atoms with van der Waals surface area (Å²) in [5.74, 6) is 0.197. The van der Waals surface area contributed by atoms with Crippen molar-refractivity contribution in [2.75, 3.05) is 31.6 Å². The molecule has 1 aliphatic rings. The standard InChI is InChI=1S/C20H21N3O5S2/c1-13-5-6-15(30(25,26)23-7-10-27-11-8-23)12-16(13)21-19(24)18-14(2)29-20(22-18)17-4-3-9-28-17/h3-6,9,12H,7-8,10-11H2,1-2H3,(H,21,24). The molecule has 0 spiro atoms. The van der Waals surface area contributed by atoms with Gasteiger partial charge >= 0.3 is 0 Å². The first-order valence-corrected chi connectivity index (χ1v) is 11.6. The molecule has 2 aromatic heterocycles. The number of anilines is 1. The lowest BCUT2D eigenvalue weighted by Crippen LogP contribution is -2.40. The molecule has 158 valence electrons. The summed E-state index contributed by atoms with van der Waals surface area (Å²) >= 11 is 1.36. The monoisotopic (exact) mass is 447 g/mol. The van der Waals surface area contributed by atoms with Crippen LogP contribution in [0.15, 0.2) is 45.9 Å². The number of carbonyl (C=O) groups is 1. The highest BCUT2D eigenvalue weighted by molar-refractivity contribution is 7.89. The van der Waals surface area contributed by atoms with Gasteiger partial charge in [-0.3, -0.25) is 4.79 Å². The van der Waals surface area contributed by atoms with E-state index in [9.17, 15) is 13.2 Å². The summed E-state index contributed by atoms with van der Waals surface area (Å²) in [5, 5.41) is 3.42. The predicted octanol–water partition coefficient (Wildman–Crippen LogP) is 3.29. The topological polar surface area (TPSA) is 102 Å². The summed E-state index contributed by atoms with van der Waals surface area (Å²) < 4.78 is 37.9. The number of amides is 1. The summed E-state index contributed by atoms with van der Waals surface area (Å²) in [7, 11) is -3.66. The molecular formula is C20H21N3O5S2. The van der Waals surface area contributed by atoms with Crippen molar-refractivity contribution in [2.45, 2.75) is 18.7 Å². The minimum absolute atomic E-state index is 0.136. The van der Waals surface area contributed by atoms with Gasteiger partial charge < -0.3 is 14.5 Å². The van der Waals surface area contributed by atoms with E-state index in [0.29, 0.717) is 42.8 Å². The Bertz CT molecular complexity index is 1160. The Morgan fingerprint density at radius 1 is 1.20 bits per heavy atom. The van der Waals surface area contributed by atoms with E-state index in [2.05, 4.69) is 10.3 Å². The first-order valence-electron chi connectivity index (χ1n) is 9.37. The molecule has 10 heteroatoms. The smallest absolute Gasteiger partial charge is 0.275 e. The number of benzene rings is 1.